The molecule has 0 aliphatic heterocycles. The number of benzene rings is 2. The highest BCUT2D eigenvalue weighted by atomic mass is 16.3. The van der Waals surface area contributed by atoms with Crippen molar-refractivity contribution in [3.05, 3.63) is 71.8 Å². The number of aliphatic hydroxyl groups is 2. The molecule has 122 valence electrons. The zero-order valence-corrected chi connectivity index (χ0v) is 12.6. The monoisotopic (exact) mass is 316 g/mol. The quantitative estimate of drug-likeness (QED) is 0.511. The second-order valence-corrected chi connectivity index (χ2v) is 3.80. The molecule has 0 aliphatic carbocycles. The topological polar surface area (TPSA) is 122 Å². The first-order valence-corrected chi connectivity index (χ1v) is 6.57. The highest BCUT2D eigenvalue weighted by Gasteiger charge is 1.92. The van der Waals surface area contributed by atoms with E-state index in [-0.39, 0.29) is 13.2 Å². The lowest BCUT2D eigenvalue weighted by Crippen LogP contribution is -1.85. The van der Waals surface area contributed by atoms with Crippen LogP contribution in [0.5, 0.6) is 0 Å². The standard InChI is InChI=1S/C13H12.C2H6O2.2CHNO/c1-3-7-12(8-4-1)11-13-9-5-2-6-10-13;3-1-2-4;2*2-1-3/h1-10H,11H2;3-4H,1-2H2;2*2H. The van der Waals surface area contributed by atoms with Gasteiger partial charge in [-0.15, -0.1) is 0 Å². The van der Waals surface area contributed by atoms with Crippen LogP contribution < -0.4 is 0 Å². The second-order valence-electron chi connectivity index (χ2n) is 3.80. The lowest BCUT2D eigenvalue weighted by molar-refractivity contribution is 0.186. The third-order valence-electron chi connectivity index (χ3n) is 2.19. The highest BCUT2D eigenvalue weighted by Crippen LogP contribution is 2.07. The first kappa shape index (κ1) is 22.4. The van der Waals surface area contributed by atoms with Crippen LogP contribution in [0.1, 0.15) is 11.1 Å². The van der Waals surface area contributed by atoms with Crippen molar-refractivity contribution in [2.75, 3.05) is 13.2 Å². The van der Waals surface area contributed by atoms with Crippen molar-refractivity contribution in [3.63, 3.8) is 0 Å². The van der Waals surface area contributed by atoms with E-state index < -0.39 is 0 Å². The molecule has 0 spiro atoms. The number of aliphatic hydroxyl groups excluding tert-OH is 2. The minimum absolute atomic E-state index is 0.125. The lowest BCUT2D eigenvalue weighted by atomic mass is 10.1. The highest BCUT2D eigenvalue weighted by molar-refractivity contribution is 5.26. The summed E-state index contributed by atoms with van der Waals surface area (Å²) in [6.07, 6.45) is 2.53. The van der Waals surface area contributed by atoms with Crippen LogP contribution in [0.2, 0.25) is 0 Å². The van der Waals surface area contributed by atoms with E-state index in [1.807, 2.05) is 0 Å². The van der Waals surface area contributed by atoms with Gasteiger partial charge in [0, 0.05) is 0 Å². The van der Waals surface area contributed by atoms with Crippen LogP contribution in [-0.4, -0.2) is 35.6 Å². The van der Waals surface area contributed by atoms with E-state index in [2.05, 4.69) is 60.7 Å². The number of hydrogen-bond acceptors (Lipinski definition) is 6. The summed E-state index contributed by atoms with van der Waals surface area (Å²) in [5, 5.41) is 26.1. The van der Waals surface area contributed by atoms with Crippen molar-refractivity contribution in [2.45, 2.75) is 6.42 Å². The fourth-order valence-electron chi connectivity index (χ4n) is 1.43. The number of nitrogens with one attached hydrogen (secondary N) is 2. The molecule has 0 aromatic heterocycles. The molecule has 0 heterocycles. The molecule has 0 saturated carbocycles. The second kappa shape index (κ2) is 19.1. The lowest BCUT2D eigenvalue weighted by Gasteiger charge is -2.00. The van der Waals surface area contributed by atoms with Gasteiger partial charge in [0.2, 0.25) is 12.2 Å². The van der Waals surface area contributed by atoms with Gasteiger partial charge in [-0.1, -0.05) is 60.7 Å². The molecule has 0 amide bonds. The van der Waals surface area contributed by atoms with Crippen molar-refractivity contribution in [1.82, 2.24) is 0 Å². The Balaban J connectivity index is 0. The number of carbonyl (C=O) groups excluding carboxylic acids is 2. The van der Waals surface area contributed by atoms with Crippen molar-refractivity contribution >= 4 is 12.2 Å². The predicted molar refractivity (Wildman–Crippen MR) is 86.7 cm³/mol. The fourth-order valence-corrected chi connectivity index (χ4v) is 1.43. The summed E-state index contributed by atoms with van der Waals surface area (Å²) in [5.74, 6) is 0. The van der Waals surface area contributed by atoms with E-state index in [0.717, 1.165) is 18.6 Å². The van der Waals surface area contributed by atoms with E-state index in [1.54, 1.807) is 0 Å². The first-order chi connectivity index (χ1) is 11.2. The Hall–Kier alpha value is -2.88. The van der Waals surface area contributed by atoms with Crippen molar-refractivity contribution in [3.8, 4) is 0 Å². The SMILES string of the molecule is N=C=O.N=C=O.OCCO.c1ccc(Cc2ccccc2)cc1. The smallest absolute Gasteiger partial charge is 0.231 e. The Morgan fingerprint density at radius 3 is 1.17 bits per heavy atom. The van der Waals surface area contributed by atoms with Crippen LogP contribution in [-0.2, 0) is 16.0 Å². The van der Waals surface area contributed by atoms with Crippen LogP contribution in [0.15, 0.2) is 60.7 Å². The summed E-state index contributed by atoms with van der Waals surface area (Å²) < 4.78 is 0. The average Bonchev–Trinajstić information content (AvgIpc) is 2.58. The van der Waals surface area contributed by atoms with Crippen molar-refractivity contribution in [2.24, 2.45) is 0 Å². The van der Waals surface area contributed by atoms with E-state index in [9.17, 15) is 0 Å². The summed E-state index contributed by atoms with van der Waals surface area (Å²) in [7, 11) is 0. The predicted octanol–water partition coefficient (Wildman–Crippen LogP) is 2.05. The van der Waals surface area contributed by atoms with Gasteiger partial charge in [-0.3, -0.25) is 0 Å². The molecule has 6 heteroatoms. The molecule has 23 heavy (non-hydrogen) atoms. The number of hydrogen-bond donors (Lipinski definition) is 4. The molecule has 4 N–H and O–H groups in total. The maximum atomic E-state index is 8.35. The Bertz CT molecular complexity index is 496. The summed E-state index contributed by atoms with van der Waals surface area (Å²) in [6, 6.07) is 21.1. The van der Waals surface area contributed by atoms with Gasteiger partial charge in [0.1, 0.15) is 0 Å². The number of rotatable bonds is 3. The van der Waals surface area contributed by atoms with E-state index in [4.69, 9.17) is 30.6 Å². The van der Waals surface area contributed by atoms with E-state index in [1.165, 1.54) is 11.1 Å². The molecule has 2 aromatic carbocycles. The van der Waals surface area contributed by atoms with Gasteiger partial charge < -0.3 is 10.2 Å². The molecular weight excluding hydrogens is 296 g/mol. The zero-order chi connectivity index (χ0) is 17.8. The minimum atomic E-state index is -0.125. The average molecular weight is 316 g/mol. The summed E-state index contributed by atoms with van der Waals surface area (Å²) in [4.78, 5) is 16.7. The van der Waals surface area contributed by atoms with Gasteiger partial charge in [0.15, 0.2) is 0 Å². The van der Waals surface area contributed by atoms with Crippen LogP contribution in [0.25, 0.3) is 0 Å². The molecule has 0 fully saturated rings. The molecular formula is C17H20N2O4. The van der Waals surface area contributed by atoms with Gasteiger partial charge in [-0.2, -0.15) is 0 Å². The summed E-state index contributed by atoms with van der Waals surface area (Å²) in [6.45, 7) is -0.250. The molecule has 2 rings (SSSR count). The molecule has 0 bridgehead atoms. The Kier molecular flexibility index (Phi) is 18.6. The Labute approximate surface area is 135 Å². The van der Waals surface area contributed by atoms with Crippen LogP contribution in [0, 0.1) is 10.8 Å². The van der Waals surface area contributed by atoms with Gasteiger partial charge >= 0.3 is 0 Å². The van der Waals surface area contributed by atoms with Gasteiger partial charge in [-0.25, -0.2) is 20.4 Å². The van der Waals surface area contributed by atoms with Crippen molar-refractivity contribution < 1.29 is 19.8 Å². The molecule has 0 aliphatic rings. The summed E-state index contributed by atoms with van der Waals surface area (Å²) >= 11 is 0. The van der Waals surface area contributed by atoms with Crippen LogP contribution in [0.3, 0.4) is 0 Å². The molecule has 0 saturated heterocycles. The number of isocyanates is 2. The maximum absolute atomic E-state index is 8.35. The minimum Gasteiger partial charge on any atom is -0.394 e. The van der Waals surface area contributed by atoms with Crippen LogP contribution >= 0.6 is 0 Å². The third-order valence-corrected chi connectivity index (χ3v) is 2.19. The normalized spacial score (nSPS) is 7.57. The molecule has 0 radical (unpaired) electrons. The van der Waals surface area contributed by atoms with Gasteiger partial charge in [0.25, 0.3) is 0 Å². The largest absolute Gasteiger partial charge is 0.394 e. The third kappa shape index (κ3) is 17.1. The molecule has 0 unspecified atom stereocenters. The van der Waals surface area contributed by atoms with E-state index >= 15 is 0 Å². The Morgan fingerprint density at radius 1 is 0.696 bits per heavy atom. The van der Waals surface area contributed by atoms with E-state index in [0.29, 0.717) is 0 Å². The van der Waals surface area contributed by atoms with Gasteiger partial charge in [0.05, 0.1) is 13.2 Å². The van der Waals surface area contributed by atoms with Crippen molar-refractivity contribution in [1.29, 1.82) is 10.8 Å². The van der Waals surface area contributed by atoms with Gasteiger partial charge in [-0.05, 0) is 17.5 Å². The molecule has 6 nitrogen and oxygen atoms in total. The molecule has 0 atom stereocenters. The van der Waals surface area contributed by atoms with Crippen LogP contribution in [0.4, 0.5) is 0 Å². The fraction of sp³-hybridized carbons (Fsp3) is 0.176. The Morgan fingerprint density at radius 2 is 0.957 bits per heavy atom. The molecule has 2 aromatic rings. The summed E-state index contributed by atoms with van der Waals surface area (Å²) in [5.41, 5.74) is 2.74. The zero-order valence-electron chi connectivity index (χ0n) is 12.6. The maximum Gasteiger partial charge on any atom is 0.231 e. The first-order valence-electron chi connectivity index (χ1n) is 6.57.